The zero-order valence-electron chi connectivity index (χ0n) is 14.6. The first kappa shape index (κ1) is 19.0. The van der Waals surface area contributed by atoms with Crippen LogP contribution in [0.1, 0.15) is 6.92 Å². The minimum atomic E-state index is -3.97. The van der Waals surface area contributed by atoms with Crippen LogP contribution < -0.4 is 14.8 Å². The van der Waals surface area contributed by atoms with Crippen molar-refractivity contribution in [1.29, 1.82) is 0 Å². The third-order valence-corrected chi connectivity index (χ3v) is 5.59. The molecule has 0 aromatic heterocycles. The van der Waals surface area contributed by atoms with E-state index in [2.05, 4.69) is 10.0 Å². The largest absolute Gasteiger partial charge is 0.495 e. The quantitative estimate of drug-likeness (QED) is 0.665. The number of sulfonamides is 1. The number of hydrogen-bond donors (Lipinski definition) is 2. The Labute approximate surface area is 162 Å². The number of benzene rings is 3. The highest BCUT2D eigenvalue weighted by Gasteiger charge is 2.21. The Morgan fingerprint density at radius 2 is 1.78 bits per heavy atom. The van der Waals surface area contributed by atoms with Gasteiger partial charge in [-0.2, -0.15) is 0 Å². The van der Waals surface area contributed by atoms with Crippen LogP contribution in [0.15, 0.2) is 59.5 Å². The van der Waals surface area contributed by atoms with Crippen LogP contribution in [-0.4, -0.2) is 21.4 Å². The van der Waals surface area contributed by atoms with E-state index in [4.69, 9.17) is 16.3 Å². The molecule has 0 radical (unpaired) electrons. The Balaban J connectivity index is 2.09. The monoisotopic (exact) mass is 404 g/mol. The van der Waals surface area contributed by atoms with Gasteiger partial charge >= 0.3 is 0 Å². The van der Waals surface area contributed by atoms with Gasteiger partial charge in [-0.1, -0.05) is 35.9 Å². The molecular formula is C19H17ClN2O4S. The SMILES string of the molecule is COc1ccc(NC(C)=O)cc1NS(=O)(=O)c1cccc2cccc(Cl)c12. The first-order chi connectivity index (χ1) is 12.8. The average Bonchev–Trinajstić information content (AvgIpc) is 2.61. The molecule has 2 N–H and O–H groups in total. The number of carbonyl (C=O) groups excluding carboxylic acids is 1. The van der Waals surface area contributed by atoms with Crippen molar-refractivity contribution in [1.82, 2.24) is 0 Å². The van der Waals surface area contributed by atoms with Crippen molar-refractivity contribution in [2.75, 3.05) is 17.1 Å². The first-order valence-corrected chi connectivity index (χ1v) is 9.83. The zero-order valence-corrected chi connectivity index (χ0v) is 16.2. The fraction of sp³-hybridized carbons (Fsp3) is 0.105. The van der Waals surface area contributed by atoms with Crippen molar-refractivity contribution in [2.24, 2.45) is 0 Å². The first-order valence-electron chi connectivity index (χ1n) is 7.97. The summed E-state index contributed by atoms with van der Waals surface area (Å²) in [5.74, 6) is 0.0498. The summed E-state index contributed by atoms with van der Waals surface area (Å²) in [6, 6.07) is 14.8. The molecule has 1 amide bonds. The van der Waals surface area contributed by atoms with Gasteiger partial charge in [-0.05, 0) is 35.7 Å². The summed E-state index contributed by atoms with van der Waals surface area (Å²) in [6.45, 7) is 1.37. The Hall–Kier alpha value is -2.77. The fourth-order valence-corrected chi connectivity index (χ4v) is 4.41. The van der Waals surface area contributed by atoms with Crippen molar-refractivity contribution in [3.63, 3.8) is 0 Å². The van der Waals surface area contributed by atoms with E-state index in [0.717, 1.165) is 0 Å². The number of fused-ring (bicyclic) bond motifs is 1. The van der Waals surface area contributed by atoms with Crippen LogP contribution in [0.3, 0.4) is 0 Å². The third kappa shape index (κ3) is 3.99. The van der Waals surface area contributed by atoms with Gasteiger partial charge in [0.15, 0.2) is 0 Å². The minimum absolute atomic E-state index is 0.0533. The summed E-state index contributed by atoms with van der Waals surface area (Å²) < 4.78 is 33.9. The molecule has 0 aliphatic rings. The molecular weight excluding hydrogens is 388 g/mol. The summed E-state index contributed by atoms with van der Waals surface area (Å²) in [6.07, 6.45) is 0. The second-order valence-electron chi connectivity index (χ2n) is 5.80. The highest BCUT2D eigenvalue weighted by atomic mass is 35.5. The fourth-order valence-electron chi connectivity index (χ4n) is 2.75. The van der Waals surface area contributed by atoms with Gasteiger partial charge in [0.25, 0.3) is 10.0 Å². The molecule has 3 aromatic carbocycles. The summed E-state index contributed by atoms with van der Waals surface area (Å²) in [4.78, 5) is 11.3. The number of halogens is 1. The second kappa shape index (κ2) is 7.46. The molecule has 0 fully saturated rings. The molecule has 3 aromatic rings. The summed E-state index contributed by atoms with van der Waals surface area (Å²) in [5, 5.41) is 4.10. The Morgan fingerprint density at radius 3 is 2.44 bits per heavy atom. The number of nitrogens with one attached hydrogen (secondary N) is 2. The smallest absolute Gasteiger partial charge is 0.262 e. The number of carbonyl (C=O) groups is 1. The molecule has 6 nitrogen and oxygen atoms in total. The molecule has 0 saturated heterocycles. The predicted octanol–water partition coefficient (Wildman–Crippen LogP) is 4.26. The highest BCUT2D eigenvalue weighted by Crippen LogP contribution is 2.34. The lowest BCUT2D eigenvalue weighted by Crippen LogP contribution is -2.15. The van der Waals surface area contributed by atoms with E-state index >= 15 is 0 Å². The Morgan fingerprint density at radius 1 is 1.07 bits per heavy atom. The van der Waals surface area contributed by atoms with Gasteiger partial charge in [0, 0.05) is 23.0 Å². The van der Waals surface area contributed by atoms with Crippen molar-refractivity contribution in [2.45, 2.75) is 11.8 Å². The molecule has 0 saturated carbocycles. The lowest BCUT2D eigenvalue weighted by molar-refractivity contribution is -0.114. The number of rotatable bonds is 5. The van der Waals surface area contributed by atoms with Crippen LogP contribution in [0.5, 0.6) is 5.75 Å². The number of anilines is 2. The minimum Gasteiger partial charge on any atom is -0.495 e. The predicted molar refractivity (Wildman–Crippen MR) is 107 cm³/mol. The summed E-state index contributed by atoms with van der Waals surface area (Å²) >= 11 is 6.25. The van der Waals surface area contributed by atoms with Crippen LogP contribution in [-0.2, 0) is 14.8 Å². The lowest BCUT2D eigenvalue weighted by Gasteiger charge is -2.15. The van der Waals surface area contributed by atoms with E-state index in [1.54, 1.807) is 42.5 Å². The van der Waals surface area contributed by atoms with E-state index in [9.17, 15) is 13.2 Å². The van der Waals surface area contributed by atoms with Gasteiger partial charge in [0.2, 0.25) is 5.91 Å². The number of methoxy groups -OCH3 is 1. The maximum atomic E-state index is 13.1. The van der Waals surface area contributed by atoms with E-state index in [-0.39, 0.29) is 16.5 Å². The maximum absolute atomic E-state index is 13.1. The Bertz CT molecular complexity index is 1120. The van der Waals surface area contributed by atoms with Crippen LogP contribution in [0.2, 0.25) is 5.02 Å². The van der Waals surface area contributed by atoms with Gasteiger partial charge in [-0.25, -0.2) is 8.42 Å². The van der Waals surface area contributed by atoms with Crippen LogP contribution in [0, 0.1) is 0 Å². The van der Waals surface area contributed by atoms with Gasteiger partial charge in [-0.3, -0.25) is 9.52 Å². The molecule has 0 unspecified atom stereocenters. The maximum Gasteiger partial charge on any atom is 0.262 e. The molecule has 0 bridgehead atoms. The van der Waals surface area contributed by atoms with Crippen molar-refractivity contribution < 1.29 is 17.9 Å². The van der Waals surface area contributed by atoms with E-state index in [1.807, 2.05) is 0 Å². The number of ether oxygens (including phenoxy) is 1. The zero-order chi connectivity index (χ0) is 19.6. The van der Waals surface area contributed by atoms with Crippen molar-refractivity contribution in [3.8, 4) is 5.75 Å². The van der Waals surface area contributed by atoms with Crippen LogP contribution in [0.25, 0.3) is 10.8 Å². The molecule has 0 heterocycles. The molecule has 0 atom stereocenters. The van der Waals surface area contributed by atoms with Gasteiger partial charge < -0.3 is 10.1 Å². The lowest BCUT2D eigenvalue weighted by atomic mass is 10.1. The second-order valence-corrected chi connectivity index (χ2v) is 7.85. The normalized spacial score (nSPS) is 11.2. The molecule has 3 rings (SSSR count). The highest BCUT2D eigenvalue weighted by molar-refractivity contribution is 7.93. The van der Waals surface area contributed by atoms with Gasteiger partial charge in [-0.15, -0.1) is 0 Å². The number of hydrogen-bond acceptors (Lipinski definition) is 4. The summed E-state index contributed by atoms with van der Waals surface area (Å²) in [5.41, 5.74) is 0.643. The van der Waals surface area contributed by atoms with E-state index < -0.39 is 10.0 Å². The molecule has 27 heavy (non-hydrogen) atoms. The molecule has 0 aliphatic heterocycles. The van der Waals surface area contributed by atoms with Crippen LogP contribution >= 0.6 is 11.6 Å². The molecule has 140 valence electrons. The third-order valence-electron chi connectivity index (χ3n) is 3.87. The molecule has 0 aliphatic carbocycles. The van der Waals surface area contributed by atoms with Crippen molar-refractivity contribution >= 4 is 49.7 Å². The number of amides is 1. The Kier molecular flexibility index (Phi) is 5.25. The molecule has 0 spiro atoms. The standard InChI is InChI=1S/C19H17ClN2O4S/c1-12(23)21-14-9-10-17(26-2)16(11-14)22-27(24,25)18-8-4-6-13-5-3-7-15(20)19(13)18/h3-11,22H,1-2H3,(H,21,23). The van der Waals surface area contributed by atoms with E-state index in [1.165, 1.54) is 26.2 Å². The summed E-state index contributed by atoms with van der Waals surface area (Å²) in [7, 11) is -2.54. The molecule has 8 heteroatoms. The van der Waals surface area contributed by atoms with Crippen LogP contribution in [0.4, 0.5) is 11.4 Å². The van der Waals surface area contributed by atoms with E-state index in [0.29, 0.717) is 27.2 Å². The van der Waals surface area contributed by atoms with Gasteiger partial charge in [0.05, 0.1) is 17.7 Å². The van der Waals surface area contributed by atoms with Gasteiger partial charge in [0.1, 0.15) is 5.75 Å². The average molecular weight is 405 g/mol. The van der Waals surface area contributed by atoms with Crippen molar-refractivity contribution in [3.05, 3.63) is 59.6 Å². The topological polar surface area (TPSA) is 84.5 Å².